The molecule has 0 saturated heterocycles. The summed E-state index contributed by atoms with van der Waals surface area (Å²) >= 11 is 0. The number of rotatable bonds is 6. The van der Waals surface area contributed by atoms with Crippen molar-refractivity contribution >= 4 is 8.07 Å². The Morgan fingerprint density at radius 2 is 1.88 bits per heavy atom. The fraction of sp³-hybridized carbons (Fsp3) is 0.571. The summed E-state index contributed by atoms with van der Waals surface area (Å²) in [6.45, 7) is 10.9. The second-order valence-electron chi connectivity index (χ2n) is 5.79. The molecule has 0 saturated carbocycles. The van der Waals surface area contributed by atoms with Gasteiger partial charge in [-0.05, 0) is 30.1 Å². The normalized spacial score (nSPS) is 13.7. The molecule has 0 fully saturated rings. The molecular weight excluding hydrogens is 229 g/mol. The van der Waals surface area contributed by atoms with E-state index in [0.717, 1.165) is 24.7 Å². The molecule has 0 amide bonds. The molecule has 1 N–H and O–H groups in total. The van der Waals surface area contributed by atoms with E-state index in [-0.39, 0.29) is 5.82 Å². The molecule has 0 aliphatic heterocycles. The van der Waals surface area contributed by atoms with Crippen LogP contribution < -0.4 is 5.32 Å². The molecule has 17 heavy (non-hydrogen) atoms. The first-order chi connectivity index (χ1) is 7.94. The molecule has 1 unspecified atom stereocenters. The number of hydrogen-bond donors (Lipinski definition) is 1. The fourth-order valence-electron chi connectivity index (χ4n) is 2.16. The van der Waals surface area contributed by atoms with E-state index in [9.17, 15) is 4.39 Å². The van der Waals surface area contributed by atoms with Crippen LogP contribution in [0.15, 0.2) is 24.3 Å². The van der Waals surface area contributed by atoms with Crippen LogP contribution in [-0.4, -0.2) is 21.2 Å². The van der Waals surface area contributed by atoms with Crippen molar-refractivity contribution < 1.29 is 4.39 Å². The van der Waals surface area contributed by atoms with Gasteiger partial charge in [-0.25, -0.2) is 4.39 Å². The van der Waals surface area contributed by atoms with E-state index in [1.165, 1.54) is 0 Å². The lowest BCUT2D eigenvalue weighted by Gasteiger charge is -2.25. The highest BCUT2D eigenvalue weighted by molar-refractivity contribution is 6.76. The predicted octanol–water partition coefficient (Wildman–Crippen LogP) is 3.86. The Hall–Kier alpha value is -0.673. The van der Waals surface area contributed by atoms with Crippen molar-refractivity contribution in [2.75, 3.05) is 13.1 Å². The smallest absolute Gasteiger partial charge is 0.126 e. The fourth-order valence-corrected chi connectivity index (χ4v) is 4.00. The highest BCUT2D eigenvalue weighted by Gasteiger charge is 2.23. The van der Waals surface area contributed by atoms with Gasteiger partial charge in [-0.15, -0.1) is 0 Å². The van der Waals surface area contributed by atoms with Crippen LogP contribution >= 0.6 is 0 Å². The number of likely N-dealkylation sites (N-methyl/N-ethyl adjacent to an activating group) is 1. The lowest BCUT2D eigenvalue weighted by molar-refractivity contribution is 0.564. The van der Waals surface area contributed by atoms with E-state index in [0.29, 0.717) is 5.92 Å². The zero-order chi connectivity index (χ0) is 12.9. The topological polar surface area (TPSA) is 12.0 Å². The van der Waals surface area contributed by atoms with Crippen molar-refractivity contribution in [3.63, 3.8) is 0 Å². The molecule has 1 aromatic rings. The molecular formula is C14H24FNSi. The summed E-state index contributed by atoms with van der Waals surface area (Å²) in [7, 11) is -1.18. The lowest BCUT2D eigenvalue weighted by Crippen LogP contribution is -2.29. The van der Waals surface area contributed by atoms with Gasteiger partial charge in [-0.1, -0.05) is 44.8 Å². The second kappa shape index (κ2) is 6.31. The summed E-state index contributed by atoms with van der Waals surface area (Å²) in [5, 5.41) is 3.35. The van der Waals surface area contributed by atoms with Crippen LogP contribution in [0.1, 0.15) is 18.4 Å². The molecule has 0 aromatic heterocycles. The number of benzene rings is 1. The van der Waals surface area contributed by atoms with Crippen molar-refractivity contribution in [3.05, 3.63) is 35.6 Å². The molecule has 1 aromatic carbocycles. The quantitative estimate of drug-likeness (QED) is 0.759. The highest BCUT2D eigenvalue weighted by Crippen LogP contribution is 2.27. The molecule has 0 spiro atoms. The average molecular weight is 253 g/mol. The first kappa shape index (κ1) is 14.4. The van der Waals surface area contributed by atoms with E-state index in [4.69, 9.17) is 0 Å². The molecule has 1 rings (SSSR count). The van der Waals surface area contributed by atoms with E-state index in [1.54, 1.807) is 12.1 Å². The van der Waals surface area contributed by atoms with Crippen molar-refractivity contribution in [1.29, 1.82) is 0 Å². The van der Waals surface area contributed by atoms with Gasteiger partial charge in [-0.2, -0.15) is 0 Å². The Labute approximate surface area is 105 Å². The minimum atomic E-state index is -1.18. The van der Waals surface area contributed by atoms with Gasteiger partial charge in [0.25, 0.3) is 0 Å². The summed E-state index contributed by atoms with van der Waals surface area (Å²) in [5.74, 6) is 0.247. The molecule has 0 aliphatic rings. The molecule has 96 valence electrons. The van der Waals surface area contributed by atoms with Gasteiger partial charge in [0.15, 0.2) is 0 Å². The molecule has 0 radical (unpaired) electrons. The maximum absolute atomic E-state index is 13.8. The second-order valence-corrected chi connectivity index (χ2v) is 11.3. The van der Waals surface area contributed by atoms with Crippen LogP contribution in [0.4, 0.5) is 4.39 Å². The third-order valence-electron chi connectivity index (χ3n) is 2.84. The lowest BCUT2D eigenvalue weighted by atomic mass is 10.0. The Morgan fingerprint density at radius 1 is 1.24 bits per heavy atom. The van der Waals surface area contributed by atoms with Crippen molar-refractivity contribution in [1.82, 2.24) is 5.32 Å². The largest absolute Gasteiger partial charge is 0.316 e. The number of hydrogen-bond acceptors (Lipinski definition) is 1. The first-order valence-electron chi connectivity index (χ1n) is 6.39. The Kier molecular flexibility index (Phi) is 5.34. The van der Waals surface area contributed by atoms with E-state index < -0.39 is 8.07 Å². The third kappa shape index (κ3) is 5.00. The van der Waals surface area contributed by atoms with Gasteiger partial charge in [-0.3, -0.25) is 0 Å². The first-order valence-corrected chi connectivity index (χ1v) is 10.1. The van der Waals surface area contributed by atoms with Gasteiger partial charge in [0, 0.05) is 14.6 Å². The van der Waals surface area contributed by atoms with Crippen LogP contribution in [-0.2, 0) is 0 Å². The van der Waals surface area contributed by atoms with Crippen LogP contribution in [0.2, 0.25) is 25.7 Å². The predicted molar refractivity (Wildman–Crippen MR) is 75.8 cm³/mol. The van der Waals surface area contributed by atoms with Crippen molar-refractivity contribution in [3.8, 4) is 0 Å². The van der Waals surface area contributed by atoms with Gasteiger partial charge in [0.1, 0.15) is 5.82 Å². The van der Waals surface area contributed by atoms with E-state index in [1.807, 2.05) is 12.1 Å². The SMILES string of the molecule is CCNCC(C[Si](C)(C)C)c1ccccc1F. The van der Waals surface area contributed by atoms with Gasteiger partial charge in [0.2, 0.25) is 0 Å². The van der Waals surface area contributed by atoms with E-state index >= 15 is 0 Å². The Morgan fingerprint density at radius 3 is 2.41 bits per heavy atom. The van der Waals surface area contributed by atoms with Crippen LogP contribution in [0.5, 0.6) is 0 Å². The Balaban J connectivity index is 2.86. The molecule has 0 heterocycles. The molecule has 0 bridgehead atoms. The zero-order valence-electron chi connectivity index (χ0n) is 11.4. The van der Waals surface area contributed by atoms with Crippen molar-refractivity contribution in [2.45, 2.75) is 38.5 Å². The molecule has 3 heteroatoms. The zero-order valence-corrected chi connectivity index (χ0v) is 12.4. The summed E-state index contributed by atoms with van der Waals surface area (Å²) in [4.78, 5) is 0. The monoisotopic (exact) mass is 253 g/mol. The summed E-state index contributed by atoms with van der Waals surface area (Å²) in [6.07, 6.45) is 0. The summed E-state index contributed by atoms with van der Waals surface area (Å²) in [6, 6.07) is 8.32. The minimum Gasteiger partial charge on any atom is -0.316 e. The molecule has 1 atom stereocenters. The van der Waals surface area contributed by atoms with E-state index in [2.05, 4.69) is 31.9 Å². The van der Waals surface area contributed by atoms with Crippen LogP contribution in [0, 0.1) is 5.82 Å². The average Bonchev–Trinajstić information content (AvgIpc) is 2.23. The summed E-state index contributed by atoms with van der Waals surface area (Å²) in [5.41, 5.74) is 0.871. The Bertz CT molecular complexity index is 346. The highest BCUT2D eigenvalue weighted by atomic mass is 28.3. The van der Waals surface area contributed by atoms with Crippen LogP contribution in [0.3, 0.4) is 0 Å². The number of halogens is 1. The number of nitrogens with one attached hydrogen (secondary N) is 1. The maximum Gasteiger partial charge on any atom is 0.126 e. The molecule has 1 nitrogen and oxygen atoms in total. The maximum atomic E-state index is 13.8. The van der Waals surface area contributed by atoms with Crippen LogP contribution in [0.25, 0.3) is 0 Å². The van der Waals surface area contributed by atoms with Crippen molar-refractivity contribution in [2.24, 2.45) is 0 Å². The van der Waals surface area contributed by atoms with Gasteiger partial charge < -0.3 is 5.32 Å². The minimum absolute atomic E-state index is 0.0614. The summed E-state index contributed by atoms with van der Waals surface area (Å²) < 4.78 is 13.8. The van der Waals surface area contributed by atoms with Gasteiger partial charge in [0.05, 0.1) is 0 Å². The third-order valence-corrected chi connectivity index (χ3v) is 4.56. The molecule has 0 aliphatic carbocycles. The van der Waals surface area contributed by atoms with Gasteiger partial charge >= 0.3 is 0 Å². The standard InChI is InChI=1S/C14H24FNSi/c1-5-16-10-12(11-17(2,3)4)13-8-6-7-9-14(13)15/h6-9,12,16H,5,10-11H2,1-4H3.